The molecule has 0 aliphatic heterocycles. The van der Waals surface area contributed by atoms with Gasteiger partial charge < -0.3 is 5.73 Å². The number of anilines is 1. The summed E-state index contributed by atoms with van der Waals surface area (Å²) in [7, 11) is 0. The Morgan fingerprint density at radius 3 is 2.48 bits per heavy atom. The summed E-state index contributed by atoms with van der Waals surface area (Å²) in [5.41, 5.74) is 11.5. The number of hydrogen-bond donors (Lipinski definition) is 1. The summed E-state index contributed by atoms with van der Waals surface area (Å²) in [5, 5.41) is 5.66. The zero-order valence-corrected chi connectivity index (χ0v) is 14.4. The van der Waals surface area contributed by atoms with Crippen molar-refractivity contribution in [2.75, 3.05) is 5.73 Å². The molecule has 0 saturated heterocycles. The average Bonchev–Trinajstić information content (AvgIpc) is 2.83. The van der Waals surface area contributed by atoms with Crippen LogP contribution in [0.15, 0.2) is 24.5 Å². The molecule has 3 aromatic rings. The van der Waals surface area contributed by atoms with Crippen molar-refractivity contribution in [3.8, 4) is 0 Å². The van der Waals surface area contributed by atoms with Gasteiger partial charge in [0.1, 0.15) is 12.1 Å². The first-order valence-corrected chi connectivity index (χ1v) is 7.82. The van der Waals surface area contributed by atoms with Gasteiger partial charge in [-0.2, -0.15) is 5.10 Å². The number of rotatable bonds is 2. The number of aryl methyl sites for hydroxylation is 2. The molecule has 0 aliphatic rings. The molecule has 5 nitrogen and oxygen atoms in total. The van der Waals surface area contributed by atoms with Crippen molar-refractivity contribution in [3.05, 3.63) is 46.9 Å². The number of nitrogens with two attached hydrogens (primary N) is 1. The van der Waals surface area contributed by atoms with Crippen molar-refractivity contribution < 1.29 is 0 Å². The maximum absolute atomic E-state index is 6.12. The van der Waals surface area contributed by atoms with E-state index in [0.717, 1.165) is 23.1 Å². The largest absolute Gasteiger partial charge is 0.383 e. The standard InChI is InChI=1S/C18H23N5/c1-11-6-7-13(8-12(11)2)9-14-15-16(19)20-10-21-17(15)23(22-14)18(3,4)5/h6-8,10H,9H2,1-5H3,(H2,19,20,21). The van der Waals surface area contributed by atoms with Crippen LogP contribution >= 0.6 is 0 Å². The Hall–Kier alpha value is -2.43. The van der Waals surface area contributed by atoms with Gasteiger partial charge in [0.15, 0.2) is 5.65 Å². The minimum Gasteiger partial charge on any atom is -0.383 e. The van der Waals surface area contributed by atoms with Crippen molar-refractivity contribution in [1.29, 1.82) is 0 Å². The third kappa shape index (κ3) is 2.79. The van der Waals surface area contributed by atoms with E-state index < -0.39 is 0 Å². The van der Waals surface area contributed by atoms with Gasteiger partial charge in [0.2, 0.25) is 0 Å². The minimum atomic E-state index is -0.166. The molecule has 0 bridgehead atoms. The van der Waals surface area contributed by atoms with Crippen molar-refractivity contribution in [2.24, 2.45) is 0 Å². The minimum absolute atomic E-state index is 0.166. The zero-order chi connectivity index (χ0) is 16.8. The van der Waals surface area contributed by atoms with Crippen LogP contribution in [-0.2, 0) is 12.0 Å². The summed E-state index contributed by atoms with van der Waals surface area (Å²) in [6.45, 7) is 10.6. The van der Waals surface area contributed by atoms with E-state index >= 15 is 0 Å². The molecule has 0 radical (unpaired) electrons. The SMILES string of the molecule is Cc1ccc(Cc2nn(C(C)(C)C)c3ncnc(N)c23)cc1C. The van der Waals surface area contributed by atoms with Gasteiger partial charge >= 0.3 is 0 Å². The Kier molecular flexibility index (Phi) is 3.59. The lowest BCUT2D eigenvalue weighted by molar-refractivity contribution is 0.363. The molecule has 0 atom stereocenters. The van der Waals surface area contributed by atoms with Gasteiger partial charge in [-0.25, -0.2) is 14.6 Å². The summed E-state index contributed by atoms with van der Waals surface area (Å²) >= 11 is 0. The fourth-order valence-electron chi connectivity index (χ4n) is 2.74. The Morgan fingerprint density at radius 1 is 1.09 bits per heavy atom. The molecule has 2 heterocycles. The maximum Gasteiger partial charge on any atom is 0.164 e. The fraction of sp³-hybridized carbons (Fsp3) is 0.389. The number of nitrogen functional groups attached to an aromatic ring is 1. The lowest BCUT2D eigenvalue weighted by atomic mass is 10.0. The number of fused-ring (bicyclic) bond motifs is 1. The van der Waals surface area contributed by atoms with Crippen molar-refractivity contribution in [3.63, 3.8) is 0 Å². The van der Waals surface area contributed by atoms with E-state index in [-0.39, 0.29) is 5.54 Å². The van der Waals surface area contributed by atoms with E-state index in [4.69, 9.17) is 10.8 Å². The molecule has 0 amide bonds. The molecular weight excluding hydrogens is 286 g/mol. The molecule has 0 aliphatic carbocycles. The quantitative estimate of drug-likeness (QED) is 0.788. The molecule has 2 aromatic heterocycles. The van der Waals surface area contributed by atoms with E-state index in [1.807, 2.05) is 4.68 Å². The molecule has 1 aromatic carbocycles. The third-order valence-corrected chi connectivity index (χ3v) is 4.14. The molecule has 0 spiro atoms. The van der Waals surface area contributed by atoms with Gasteiger partial charge in [-0.3, -0.25) is 0 Å². The first kappa shape index (κ1) is 15.5. The third-order valence-electron chi connectivity index (χ3n) is 4.14. The van der Waals surface area contributed by atoms with Crippen LogP contribution in [0.25, 0.3) is 11.0 Å². The van der Waals surface area contributed by atoms with E-state index in [1.165, 1.54) is 23.0 Å². The van der Waals surface area contributed by atoms with Crippen LogP contribution in [0.2, 0.25) is 0 Å². The lowest BCUT2D eigenvalue weighted by Gasteiger charge is -2.19. The number of nitrogens with zero attached hydrogens (tertiary/aromatic N) is 4. The van der Waals surface area contributed by atoms with Gasteiger partial charge in [-0.1, -0.05) is 18.2 Å². The van der Waals surface area contributed by atoms with E-state index in [0.29, 0.717) is 5.82 Å². The van der Waals surface area contributed by atoms with E-state index in [9.17, 15) is 0 Å². The predicted octanol–water partition coefficient (Wildman–Crippen LogP) is 3.37. The first-order valence-electron chi connectivity index (χ1n) is 7.82. The van der Waals surface area contributed by atoms with Gasteiger partial charge in [0.05, 0.1) is 16.6 Å². The molecular formula is C18H23N5. The molecule has 3 rings (SSSR count). The Morgan fingerprint density at radius 2 is 1.83 bits per heavy atom. The first-order chi connectivity index (χ1) is 10.8. The van der Waals surface area contributed by atoms with Gasteiger partial charge in [-0.15, -0.1) is 0 Å². The zero-order valence-electron chi connectivity index (χ0n) is 14.4. The Balaban J connectivity index is 2.15. The van der Waals surface area contributed by atoms with Gasteiger partial charge in [0, 0.05) is 6.42 Å². The normalized spacial score (nSPS) is 12.0. The maximum atomic E-state index is 6.12. The smallest absolute Gasteiger partial charge is 0.164 e. The summed E-state index contributed by atoms with van der Waals surface area (Å²) < 4.78 is 1.94. The predicted molar refractivity (Wildman–Crippen MR) is 93.5 cm³/mol. The van der Waals surface area contributed by atoms with Crippen LogP contribution < -0.4 is 5.73 Å². The van der Waals surface area contributed by atoms with Crippen molar-refractivity contribution in [1.82, 2.24) is 19.7 Å². The number of aromatic nitrogens is 4. The molecule has 120 valence electrons. The highest BCUT2D eigenvalue weighted by Gasteiger charge is 2.23. The summed E-state index contributed by atoms with van der Waals surface area (Å²) in [6, 6.07) is 6.50. The second-order valence-electron chi connectivity index (χ2n) is 7.08. The van der Waals surface area contributed by atoms with Crippen molar-refractivity contribution in [2.45, 2.75) is 46.6 Å². The lowest BCUT2D eigenvalue weighted by Crippen LogP contribution is -2.23. The summed E-state index contributed by atoms with van der Waals surface area (Å²) in [4.78, 5) is 8.56. The Labute approximate surface area is 136 Å². The highest BCUT2D eigenvalue weighted by atomic mass is 15.3. The van der Waals surface area contributed by atoms with E-state index in [1.54, 1.807) is 0 Å². The monoisotopic (exact) mass is 309 g/mol. The molecule has 23 heavy (non-hydrogen) atoms. The molecule has 0 saturated carbocycles. The fourth-order valence-corrected chi connectivity index (χ4v) is 2.74. The topological polar surface area (TPSA) is 69.6 Å². The molecule has 0 fully saturated rings. The second-order valence-corrected chi connectivity index (χ2v) is 7.08. The number of hydrogen-bond acceptors (Lipinski definition) is 4. The summed E-state index contributed by atoms with van der Waals surface area (Å²) in [5.74, 6) is 0.490. The van der Waals surface area contributed by atoms with Crippen LogP contribution in [-0.4, -0.2) is 19.7 Å². The second kappa shape index (κ2) is 5.33. The molecule has 0 unspecified atom stereocenters. The van der Waals surface area contributed by atoms with E-state index in [2.05, 4.69) is 62.8 Å². The van der Waals surface area contributed by atoms with Gasteiger partial charge in [0.25, 0.3) is 0 Å². The van der Waals surface area contributed by atoms with Crippen molar-refractivity contribution >= 4 is 16.9 Å². The number of benzene rings is 1. The van der Waals surface area contributed by atoms with Crippen LogP contribution in [0, 0.1) is 13.8 Å². The highest BCUT2D eigenvalue weighted by Crippen LogP contribution is 2.28. The summed E-state index contributed by atoms with van der Waals surface area (Å²) in [6.07, 6.45) is 2.22. The van der Waals surface area contributed by atoms with Crippen LogP contribution in [0.1, 0.15) is 43.2 Å². The average molecular weight is 309 g/mol. The molecule has 5 heteroatoms. The van der Waals surface area contributed by atoms with Crippen LogP contribution in [0.4, 0.5) is 5.82 Å². The highest BCUT2D eigenvalue weighted by molar-refractivity contribution is 5.88. The van der Waals surface area contributed by atoms with Crippen LogP contribution in [0.5, 0.6) is 0 Å². The molecule has 2 N–H and O–H groups in total. The van der Waals surface area contributed by atoms with Crippen LogP contribution in [0.3, 0.4) is 0 Å². The van der Waals surface area contributed by atoms with Gasteiger partial charge in [-0.05, 0) is 51.3 Å². The Bertz CT molecular complexity index is 871.